The Balaban J connectivity index is 1.79. The number of nitrogens with one attached hydrogen (secondary N) is 1. The first kappa shape index (κ1) is 23.8. The molecule has 1 aromatic heterocycles. The molecule has 2 amide bonds. The predicted molar refractivity (Wildman–Crippen MR) is 137 cm³/mol. The number of ether oxygens (including phenoxy) is 2. The number of benzene rings is 2. The number of aromatic nitrogens is 1. The number of carbonyl (C=O) groups excluding carboxylic acids is 2. The van der Waals surface area contributed by atoms with Crippen LogP contribution in [0.5, 0.6) is 17.2 Å². The van der Waals surface area contributed by atoms with Crippen molar-refractivity contribution in [2.45, 2.75) is 39.7 Å². The Hall–Kier alpha value is -3.94. The maximum atomic E-state index is 13.7. The van der Waals surface area contributed by atoms with Gasteiger partial charge in [0.05, 0.1) is 31.9 Å². The Bertz CT molecular complexity index is 1390. The Morgan fingerprint density at radius 1 is 1.19 bits per heavy atom. The van der Waals surface area contributed by atoms with Gasteiger partial charge in [-0.1, -0.05) is 19.9 Å². The molecule has 36 heavy (non-hydrogen) atoms. The number of amides is 2. The largest absolute Gasteiger partial charge is 0.502 e. The summed E-state index contributed by atoms with van der Waals surface area (Å²) in [4.78, 5) is 27.3. The van der Waals surface area contributed by atoms with E-state index >= 15 is 0 Å². The fraction of sp³-hybridized carbons (Fsp3) is 0.357. The van der Waals surface area contributed by atoms with Crippen LogP contribution in [0.1, 0.15) is 44.2 Å². The zero-order valence-corrected chi connectivity index (χ0v) is 21.2. The van der Waals surface area contributed by atoms with Gasteiger partial charge in [0, 0.05) is 42.4 Å². The molecule has 1 atom stereocenters. The third-order valence-corrected chi connectivity index (χ3v) is 7.10. The van der Waals surface area contributed by atoms with Crippen molar-refractivity contribution in [2.75, 3.05) is 26.1 Å². The molecular formula is C28H31N3O5. The number of phenolic OH excluding ortho intramolecular Hbond substituents is 1. The van der Waals surface area contributed by atoms with E-state index in [0.717, 1.165) is 40.7 Å². The van der Waals surface area contributed by atoms with E-state index in [-0.39, 0.29) is 35.6 Å². The van der Waals surface area contributed by atoms with E-state index in [1.54, 1.807) is 12.1 Å². The summed E-state index contributed by atoms with van der Waals surface area (Å²) in [5.74, 6) is -0.189. The molecule has 0 bridgehead atoms. The fourth-order valence-electron chi connectivity index (χ4n) is 5.28. The van der Waals surface area contributed by atoms with Crippen LogP contribution >= 0.6 is 0 Å². The number of hydrogen-bond donors (Lipinski definition) is 2. The van der Waals surface area contributed by atoms with Gasteiger partial charge in [0.15, 0.2) is 11.5 Å². The van der Waals surface area contributed by atoms with Crippen LogP contribution in [0, 0.1) is 5.92 Å². The Morgan fingerprint density at radius 2 is 1.89 bits per heavy atom. The summed E-state index contributed by atoms with van der Waals surface area (Å²) in [6.45, 7) is 6.82. The van der Waals surface area contributed by atoms with E-state index < -0.39 is 5.92 Å². The summed E-state index contributed by atoms with van der Waals surface area (Å²) < 4.78 is 13.1. The van der Waals surface area contributed by atoms with Crippen LogP contribution < -0.4 is 14.8 Å². The van der Waals surface area contributed by atoms with Gasteiger partial charge in [-0.2, -0.15) is 0 Å². The number of phenols is 1. The summed E-state index contributed by atoms with van der Waals surface area (Å²) in [5, 5.41) is 15.1. The van der Waals surface area contributed by atoms with E-state index in [2.05, 4.69) is 36.0 Å². The van der Waals surface area contributed by atoms with Crippen molar-refractivity contribution in [3.05, 3.63) is 58.9 Å². The predicted octanol–water partition coefficient (Wildman–Crippen LogP) is 4.61. The molecule has 2 aromatic carbocycles. The zero-order valence-electron chi connectivity index (χ0n) is 21.2. The number of hydrogen-bond acceptors (Lipinski definition) is 6. The highest BCUT2D eigenvalue weighted by atomic mass is 16.5. The molecule has 0 radical (unpaired) electrons. The van der Waals surface area contributed by atoms with Crippen molar-refractivity contribution in [1.82, 2.24) is 9.47 Å². The van der Waals surface area contributed by atoms with Crippen LogP contribution in [0.15, 0.2) is 47.8 Å². The molecule has 3 heterocycles. The molecule has 0 aliphatic carbocycles. The average Bonchev–Trinajstić information content (AvgIpc) is 3.33. The maximum Gasteiger partial charge on any atom is 0.259 e. The summed E-state index contributed by atoms with van der Waals surface area (Å²) >= 11 is 0. The smallest absolute Gasteiger partial charge is 0.259 e. The number of rotatable bonds is 6. The summed E-state index contributed by atoms with van der Waals surface area (Å²) in [7, 11) is 2.96. The first-order valence-electron chi connectivity index (χ1n) is 12.1. The van der Waals surface area contributed by atoms with E-state index in [4.69, 9.17) is 9.47 Å². The van der Waals surface area contributed by atoms with E-state index in [9.17, 15) is 14.7 Å². The minimum absolute atomic E-state index is 0.104. The fourth-order valence-corrected chi connectivity index (χ4v) is 5.28. The molecule has 0 saturated carbocycles. The monoisotopic (exact) mass is 489 g/mol. The minimum Gasteiger partial charge on any atom is -0.502 e. The number of nitrogens with zero attached hydrogens (tertiary/aromatic N) is 2. The molecule has 3 aromatic rings. The highest BCUT2D eigenvalue weighted by Crippen LogP contribution is 2.49. The molecule has 0 fully saturated rings. The first-order valence-corrected chi connectivity index (χ1v) is 12.1. The molecule has 2 N–H and O–H groups in total. The summed E-state index contributed by atoms with van der Waals surface area (Å²) in [6, 6.07) is 9.58. The molecule has 0 saturated heterocycles. The van der Waals surface area contributed by atoms with Crippen molar-refractivity contribution in [2.24, 2.45) is 5.92 Å². The van der Waals surface area contributed by atoms with Gasteiger partial charge >= 0.3 is 0 Å². The number of methoxy groups -OCH3 is 2. The van der Waals surface area contributed by atoms with Crippen LogP contribution in [-0.4, -0.2) is 47.2 Å². The van der Waals surface area contributed by atoms with Gasteiger partial charge in [0.1, 0.15) is 0 Å². The number of aromatic hydroxyl groups is 1. The Kier molecular flexibility index (Phi) is 5.90. The number of aryl methyl sites for hydroxylation is 1. The molecule has 2 aliphatic heterocycles. The molecule has 2 aliphatic rings. The second-order valence-corrected chi connectivity index (χ2v) is 9.79. The van der Waals surface area contributed by atoms with Crippen molar-refractivity contribution in [1.29, 1.82) is 0 Å². The third kappa shape index (κ3) is 3.68. The molecular weight excluding hydrogens is 458 g/mol. The SMILES string of the molecule is COc1cc([C@@H]2C3=C(CN(C(C)=O)C3=O)Nc3cccc4c3c2cn4CCC(C)C)cc(OC)c1O. The van der Waals surface area contributed by atoms with Crippen LogP contribution in [0.4, 0.5) is 5.69 Å². The second-order valence-electron chi connectivity index (χ2n) is 9.79. The molecule has 5 rings (SSSR count). The normalized spacial score (nSPS) is 16.9. The number of imide groups is 1. The van der Waals surface area contributed by atoms with E-state index in [1.165, 1.54) is 26.0 Å². The Morgan fingerprint density at radius 3 is 2.50 bits per heavy atom. The number of anilines is 1. The van der Waals surface area contributed by atoms with Crippen molar-refractivity contribution >= 4 is 28.4 Å². The van der Waals surface area contributed by atoms with Crippen LogP contribution in [0.3, 0.4) is 0 Å². The van der Waals surface area contributed by atoms with E-state index in [0.29, 0.717) is 17.2 Å². The minimum atomic E-state index is -0.501. The molecule has 8 heteroatoms. The standard InChI is InChI=1S/C28H31N3O5/c1-15(2)9-10-30-13-18-24(17-11-22(35-4)27(33)23(12-17)36-5)26-20(14-31(16(3)32)28(26)34)29-19-7-6-8-21(30)25(18)19/h6-8,11-13,15,24,29,33H,9-10,14H2,1-5H3/t24-/m0/s1. The topological polar surface area (TPSA) is 93.0 Å². The van der Waals surface area contributed by atoms with Gasteiger partial charge in [-0.15, -0.1) is 0 Å². The van der Waals surface area contributed by atoms with Gasteiger partial charge in [0.25, 0.3) is 5.91 Å². The van der Waals surface area contributed by atoms with Gasteiger partial charge in [-0.25, -0.2) is 0 Å². The Labute approximate surface area is 210 Å². The molecule has 188 valence electrons. The maximum absolute atomic E-state index is 13.7. The lowest BCUT2D eigenvalue weighted by Gasteiger charge is -2.21. The van der Waals surface area contributed by atoms with Crippen LogP contribution in [-0.2, 0) is 16.1 Å². The van der Waals surface area contributed by atoms with Gasteiger partial charge in [-0.05, 0) is 47.7 Å². The van der Waals surface area contributed by atoms with Gasteiger partial charge in [-0.3, -0.25) is 14.5 Å². The lowest BCUT2D eigenvalue weighted by Crippen LogP contribution is -2.33. The molecule has 0 unspecified atom stereocenters. The average molecular weight is 490 g/mol. The quantitative estimate of drug-likeness (QED) is 0.525. The second kappa shape index (κ2) is 8.93. The summed E-state index contributed by atoms with van der Waals surface area (Å²) in [6.07, 6.45) is 3.13. The summed E-state index contributed by atoms with van der Waals surface area (Å²) in [5.41, 5.74) is 4.87. The lowest BCUT2D eigenvalue weighted by atomic mass is 9.84. The van der Waals surface area contributed by atoms with Crippen molar-refractivity contribution in [3.8, 4) is 17.2 Å². The van der Waals surface area contributed by atoms with Crippen molar-refractivity contribution in [3.63, 3.8) is 0 Å². The highest BCUT2D eigenvalue weighted by Gasteiger charge is 2.42. The van der Waals surface area contributed by atoms with Crippen molar-refractivity contribution < 1.29 is 24.2 Å². The third-order valence-electron chi connectivity index (χ3n) is 7.10. The highest BCUT2D eigenvalue weighted by molar-refractivity contribution is 6.11. The van der Waals surface area contributed by atoms with Gasteiger partial charge in [0.2, 0.25) is 11.7 Å². The lowest BCUT2D eigenvalue weighted by molar-refractivity contribution is -0.139. The molecule has 8 nitrogen and oxygen atoms in total. The number of carbonyl (C=O) groups is 2. The van der Waals surface area contributed by atoms with Crippen LogP contribution in [0.2, 0.25) is 0 Å². The molecule has 0 spiro atoms. The first-order chi connectivity index (χ1) is 17.2. The van der Waals surface area contributed by atoms with E-state index in [1.807, 2.05) is 12.1 Å². The van der Waals surface area contributed by atoms with Crippen LogP contribution in [0.25, 0.3) is 10.9 Å². The zero-order chi connectivity index (χ0) is 25.7. The van der Waals surface area contributed by atoms with Gasteiger partial charge < -0.3 is 24.5 Å².